The predicted molar refractivity (Wildman–Crippen MR) is 84.0 cm³/mol. The van der Waals surface area contributed by atoms with Crippen molar-refractivity contribution in [3.63, 3.8) is 0 Å². The van der Waals surface area contributed by atoms with Gasteiger partial charge in [0.05, 0.1) is 5.69 Å². The molecule has 2 aromatic rings. The van der Waals surface area contributed by atoms with Crippen LogP contribution < -0.4 is 0 Å². The average Bonchev–Trinajstić information content (AvgIpc) is 2.71. The summed E-state index contributed by atoms with van der Waals surface area (Å²) < 4.78 is 7.24. The molecule has 5 nitrogen and oxygen atoms in total. The first-order chi connectivity index (χ1) is 10.6. The Kier molecular flexibility index (Phi) is 3.96. The number of aryl methyl sites for hydroxylation is 1. The standard InChI is InChI=1S/C17H19N3O2/c1-13-15-8-10-20(11-9-16(15)18-19(13)2)17(21)22-12-14-6-4-3-5-7-14/h3-8,10H,9,11-12H2,1-2H3. The van der Waals surface area contributed by atoms with E-state index in [1.165, 1.54) is 0 Å². The third-order valence-corrected chi connectivity index (χ3v) is 3.91. The minimum atomic E-state index is -0.327. The number of amides is 1. The fourth-order valence-corrected chi connectivity index (χ4v) is 2.51. The molecule has 5 heteroatoms. The fourth-order valence-electron chi connectivity index (χ4n) is 2.51. The summed E-state index contributed by atoms with van der Waals surface area (Å²) in [6.07, 6.45) is 4.12. The molecule has 1 amide bonds. The zero-order chi connectivity index (χ0) is 15.5. The van der Waals surface area contributed by atoms with Gasteiger partial charge in [0.15, 0.2) is 0 Å². The first-order valence-corrected chi connectivity index (χ1v) is 7.33. The maximum absolute atomic E-state index is 12.2. The van der Waals surface area contributed by atoms with Crippen LogP contribution in [0.3, 0.4) is 0 Å². The summed E-state index contributed by atoms with van der Waals surface area (Å²) in [5, 5.41) is 4.48. The lowest BCUT2D eigenvalue weighted by Crippen LogP contribution is -2.28. The van der Waals surface area contributed by atoms with Crippen molar-refractivity contribution in [3.8, 4) is 0 Å². The van der Waals surface area contributed by atoms with E-state index in [0.717, 1.165) is 28.9 Å². The number of ether oxygens (including phenoxy) is 1. The van der Waals surface area contributed by atoms with E-state index in [0.29, 0.717) is 6.54 Å². The van der Waals surface area contributed by atoms with Crippen LogP contribution in [0.4, 0.5) is 4.79 Å². The van der Waals surface area contributed by atoms with Gasteiger partial charge in [-0.25, -0.2) is 4.79 Å². The van der Waals surface area contributed by atoms with Crippen LogP contribution in [0.5, 0.6) is 0 Å². The summed E-state index contributed by atoms with van der Waals surface area (Å²) in [6.45, 7) is 2.89. The van der Waals surface area contributed by atoms with Gasteiger partial charge >= 0.3 is 6.09 Å². The molecule has 0 fully saturated rings. The van der Waals surface area contributed by atoms with E-state index in [4.69, 9.17) is 4.74 Å². The number of carbonyl (C=O) groups is 1. The Labute approximate surface area is 129 Å². The molecule has 0 radical (unpaired) electrons. The van der Waals surface area contributed by atoms with Gasteiger partial charge in [-0.15, -0.1) is 0 Å². The third-order valence-electron chi connectivity index (χ3n) is 3.91. The first-order valence-electron chi connectivity index (χ1n) is 7.33. The Morgan fingerprint density at radius 3 is 2.86 bits per heavy atom. The van der Waals surface area contributed by atoms with E-state index in [1.54, 1.807) is 11.1 Å². The quantitative estimate of drug-likeness (QED) is 0.856. The maximum Gasteiger partial charge on any atom is 0.414 e. The maximum atomic E-state index is 12.2. The summed E-state index contributed by atoms with van der Waals surface area (Å²) in [7, 11) is 1.93. The monoisotopic (exact) mass is 297 g/mol. The van der Waals surface area contributed by atoms with Gasteiger partial charge in [-0.2, -0.15) is 5.10 Å². The highest BCUT2D eigenvalue weighted by molar-refractivity contribution is 5.71. The average molecular weight is 297 g/mol. The third kappa shape index (κ3) is 2.88. The lowest BCUT2D eigenvalue weighted by atomic mass is 10.1. The molecule has 1 aliphatic heterocycles. The molecule has 114 valence electrons. The zero-order valence-electron chi connectivity index (χ0n) is 12.8. The van der Waals surface area contributed by atoms with Gasteiger partial charge in [-0.1, -0.05) is 30.3 Å². The van der Waals surface area contributed by atoms with Crippen molar-refractivity contribution >= 4 is 12.2 Å². The van der Waals surface area contributed by atoms with E-state index in [-0.39, 0.29) is 12.7 Å². The van der Waals surface area contributed by atoms with E-state index >= 15 is 0 Å². The van der Waals surface area contributed by atoms with Crippen molar-refractivity contribution < 1.29 is 9.53 Å². The fraction of sp³-hybridized carbons (Fsp3) is 0.294. The van der Waals surface area contributed by atoms with Crippen LogP contribution in [-0.4, -0.2) is 27.3 Å². The lowest BCUT2D eigenvalue weighted by molar-refractivity contribution is 0.111. The van der Waals surface area contributed by atoms with Crippen LogP contribution in [0.1, 0.15) is 22.5 Å². The van der Waals surface area contributed by atoms with Gasteiger partial charge < -0.3 is 4.74 Å². The van der Waals surface area contributed by atoms with Gasteiger partial charge in [0.25, 0.3) is 0 Å². The Hall–Kier alpha value is -2.56. The highest BCUT2D eigenvalue weighted by Gasteiger charge is 2.19. The van der Waals surface area contributed by atoms with Crippen molar-refractivity contribution in [1.29, 1.82) is 0 Å². The SMILES string of the molecule is Cc1c2c(nn1C)CCN(C(=O)OCc1ccccc1)C=C2. The lowest BCUT2D eigenvalue weighted by Gasteiger charge is -2.16. The second-order valence-corrected chi connectivity index (χ2v) is 5.37. The van der Waals surface area contributed by atoms with Crippen molar-refractivity contribution in [2.75, 3.05) is 6.54 Å². The van der Waals surface area contributed by atoms with E-state index in [1.807, 2.05) is 55.1 Å². The first kappa shape index (κ1) is 14.4. The van der Waals surface area contributed by atoms with E-state index in [9.17, 15) is 4.79 Å². The molecule has 0 aliphatic carbocycles. The van der Waals surface area contributed by atoms with Gasteiger partial charge in [0, 0.05) is 37.5 Å². The topological polar surface area (TPSA) is 47.4 Å². The smallest absolute Gasteiger partial charge is 0.414 e. The van der Waals surface area contributed by atoms with E-state index < -0.39 is 0 Å². The van der Waals surface area contributed by atoms with Gasteiger partial charge in [0.2, 0.25) is 0 Å². The van der Waals surface area contributed by atoms with Crippen LogP contribution in [-0.2, 0) is 24.8 Å². The Balaban J connectivity index is 1.65. The van der Waals surface area contributed by atoms with Crippen LogP contribution in [0, 0.1) is 6.92 Å². The van der Waals surface area contributed by atoms with Gasteiger partial charge in [-0.05, 0) is 18.6 Å². The zero-order valence-corrected chi connectivity index (χ0v) is 12.8. The number of carbonyl (C=O) groups excluding carboxylic acids is 1. The van der Waals surface area contributed by atoms with Crippen molar-refractivity contribution in [1.82, 2.24) is 14.7 Å². The number of rotatable bonds is 2. The predicted octanol–water partition coefficient (Wildman–Crippen LogP) is 2.89. The number of nitrogens with zero attached hydrogens (tertiary/aromatic N) is 3. The second kappa shape index (κ2) is 6.05. The molecule has 0 atom stereocenters. The normalized spacial score (nSPS) is 13.6. The number of aromatic nitrogens is 2. The molecule has 1 aromatic carbocycles. The van der Waals surface area contributed by atoms with Crippen molar-refractivity contribution in [3.05, 3.63) is 59.0 Å². The second-order valence-electron chi connectivity index (χ2n) is 5.37. The summed E-state index contributed by atoms with van der Waals surface area (Å²) in [6, 6.07) is 9.68. The van der Waals surface area contributed by atoms with Crippen LogP contribution in [0.15, 0.2) is 36.5 Å². The summed E-state index contributed by atoms with van der Waals surface area (Å²) in [5.41, 5.74) is 4.21. The number of hydrogen-bond donors (Lipinski definition) is 0. The molecule has 1 aromatic heterocycles. The Morgan fingerprint density at radius 2 is 2.09 bits per heavy atom. The highest BCUT2D eigenvalue weighted by atomic mass is 16.6. The van der Waals surface area contributed by atoms with Gasteiger partial charge in [-0.3, -0.25) is 9.58 Å². The number of benzene rings is 1. The number of fused-ring (bicyclic) bond motifs is 1. The molecule has 0 saturated carbocycles. The summed E-state index contributed by atoms with van der Waals surface area (Å²) in [4.78, 5) is 13.8. The Bertz CT molecular complexity index is 704. The van der Waals surface area contributed by atoms with Crippen LogP contribution in [0.25, 0.3) is 6.08 Å². The minimum Gasteiger partial charge on any atom is -0.444 e. The number of hydrogen-bond acceptors (Lipinski definition) is 3. The molecule has 0 bridgehead atoms. The minimum absolute atomic E-state index is 0.287. The summed E-state index contributed by atoms with van der Waals surface area (Å²) in [5.74, 6) is 0. The molecule has 0 unspecified atom stereocenters. The largest absolute Gasteiger partial charge is 0.444 e. The highest BCUT2D eigenvalue weighted by Crippen LogP contribution is 2.19. The molecule has 1 aliphatic rings. The van der Waals surface area contributed by atoms with Gasteiger partial charge in [0.1, 0.15) is 6.61 Å². The van der Waals surface area contributed by atoms with Crippen LogP contribution >= 0.6 is 0 Å². The van der Waals surface area contributed by atoms with Crippen molar-refractivity contribution in [2.24, 2.45) is 7.05 Å². The van der Waals surface area contributed by atoms with Crippen LogP contribution in [0.2, 0.25) is 0 Å². The molecule has 0 spiro atoms. The molecule has 22 heavy (non-hydrogen) atoms. The molecular weight excluding hydrogens is 278 g/mol. The Morgan fingerprint density at radius 1 is 1.32 bits per heavy atom. The molecule has 0 N–H and O–H groups in total. The van der Waals surface area contributed by atoms with Crippen molar-refractivity contribution in [2.45, 2.75) is 20.0 Å². The van der Waals surface area contributed by atoms with E-state index in [2.05, 4.69) is 5.10 Å². The summed E-state index contributed by atoms with van der Waals surface area (Å²) >= 11 is 0. The molecular formula is C17H19N3O2. The molecule has 0 saturated heterocycles. The molecule has 2 heterocycles. The molecule has 3 rings (SSSR count).